The second-order valence-electron chi connectivity index (χ2n) is 5.47. The van der Waals surface area contributed by atoms with Crippen LogP contribution in [0.2, 0.25) is 0 Å². The summed E-state index contributed by atoms with van der Waals surface area (Å²) < 4.78 is 5.31. The maximum absolute atomic E-state index is 5.31. The van der Waals surface area contributed by atoms with Crippen LogP contribution in [-0.2, 0) is 6.42 Å². The maximum Gasteiger partial charge on any atom is 0.119 e. The number of hydrogen-bond acceptors (Lipinski definition) is 3. The molecular weight excluding hydrogens is 266 g/mol. The molecule has 0 spiro atoms. The van der Waals surface area contributed by atoms with Gasteiger partial charge in [-0.1, -0.05) is 32.9 Å². The van der Waals surface area contributed by atoms with E-state index in [0.29, 0.717) is 12.0 Å². The lowest BCUT2D eigenvalue weighted by Gasteiger charge is -2.19. The van der Waals surface area contributed by atoms with Gasteiger partial charge in [0.1, 0.15) is 5.75 Å². The van der Waals surface area contributed by atoms with E-state index in [9.17, 15) is 0 Å². The van der Waals surface area contributed by atoms with Gasteiger partial charge in [0.25, 0.3) is 0 Å². The Hall–Kier alpha value is -0.670. The molecule has 114 valence electrons. The molecule has 0 saturated carbocycles. The van der Waals surface area contributed by atoms with Gasteiger partial charge in [0, 0.05) is 6.04 Å². The van der Waals surface area contributed by atoms with Gasteiger partial charge in [-0.05, 0) is 54.5 Å². The smallest absolute Gasteiger partial charge is 0.119 e. The Morgan fingerprint density at radius 2 is 2.10 bits per heavy atom. The van der Waals surface area contributed by atoms with Gasteiger partial charge in [0.05, 0.1) is 7.11 Å². The first-order valence-electron chi connectivity index (χ1n) is 7.59. The summed E-state index contributed by atoms with van der Waals surface area (Å²) in [5.41, 5.74) is 1.38. The molecule has 0 heterocycles. The molecule has 1 unspecified atom stereocenters. The Morgan fingerprint density at radius 1 is 1.30 bits per heavy atom. The van der Waals surface area contributed by atoms with Crippen molar-refractivity contribution in [3.8, 4) is 5.75 Å². The van der Waals surface area contributed by atoms with Crippen molar-refractivity contribution in [2.45, 2.75) is 39.7 Å². The van der Waals surface area contributed by atoms with E-state index in [1.165, 1.54) is 23.5 Å². The highest BCUT2D eigenvalue weighted by Gasteiger charge is 2.11. The summed E-state index contributed by atoms with van der Waals surface area (Å²) in [6, 6.07) is 9.02. The summed E-state index contributed by atoms with van der Waals surface area (Å²) in [5.74, 6) is 4.12. The molecule has 0 saturated heterocycles. The summed E-state index contributed by atoms with van der Waals surface area (Å²) >= 11 is 2.04. The van der Waals surface area contributed by atoms with Crippen LogP contribution in [-0.4, -0.2) is 31.2 Å². The predicted octanol–water partition coefficient (Wildman–Crippen LogP) is 4.00. The third-order valence-electron chi connectivity index (χ3n) is 3.35. The minimum atomic E-state index is 0.557. The van der Waals surface area contributed by atoms with E-state index < -0.39 is 0 Å². The maximum atomic E-state index is 5.31. The van der Waals surface area contributed by atoms with Crippen molar-refractivity contribution >= 4 is 11.8 Å². The van der Waals surface area contributed by atoms with E-state index in [2.05, 4.69) is 44.3 Å². The second-order valence-corrected chi connectivity index (χ2v) is 6.86. The Kier molecular flexibility index (Phi) is 8.79. The van der Waals surface area contributed by atoms with Crippen LogP contribution in [0.5, 0.6) is 5.75 Å². The third-order valence-corrected chi connectivity index (χ3v) is 4.28. The number of ether oxygens (including phenoxy) is 1. The highest BCUT2D eigenvalue weighted by Crippen LogP contribution is 2.19. The van der Waals surface area contributed by atoms with Crippen LogP contribution < -0.4 is 10.1 Å². The number of thioether (sulfide) groups is 1. The van der Waals surface area contributed by atoms with Crippen molar-refractivity contribution in [1.29, 1.82) is 0 Å². The van der Waals surface area contributed by atoms with Crippen molar-refractivity contribution in [3.63, 3.8) is 0 Å². The fourth-order valence-electron chi connectivity index (χ4n) is 2.21. The molecule has 0 aliphatic carbocycles. The van der Waals surface area contributed by atoms with E-state index in [1.54, 1.807) is 7.11 Å². The summed E-state index contributed by atoms with van der Waals surface area (Å²) in [7, 11) is 1.73. The van der Waals surface area contributed by atoms with Gasteiger partial charge in [0.15, 0.2) is 0 Å². The standard InChI is InChI=1S/C17H29NOS/c1-5-20-10-9-16(13-18-14(2)3)11-15-7-6-8-17(12-15)19-4/h6-8,12,14,16,18H,5,9-11,13H2,1-4H3. The van der Waals surface area contributed by atoms with Crippen LogP contribution in [0.25, 0.3) is 0 Å². The molecular formula is C17H29NOS. The van der Waals surface area contributed by atoms with Gasteiger partial charge in [-0.25, -0.2) is 0 Å². The Bertz CT molecular complexity index is 368. The summed E-state index contributed by atoms with van der Waals surface area (Å²) in [6.45, 7) is 7.75. The van der Waals surface area contributed by atoms with Crippen LogP contribution in [0.3, 0.4) is 0 Å². The lowest BCUT2D eigenvalue weighted by atomic mass is 9.96. The molecule has 0 aliphatic rings. The Morgan fingerprint density at radius 3 is 2.75 bits per heavy atom. The number of benzene rings is 1. The first-order chi connectivity index (χ1) is 9.65. The van der Waals surface area contributed by atoms with E-state index in [-0.39, 0.29) is 0 Å². The van der Waals surface area contributed by atoms with Crippen molar-refractivity contribution < 1.29 is 4.74 Å². The SMILES string of the molecule is CCSCCC(CNC(C)C)Cc1cccc(OC)c1. The molecule has 2 nitrogen and oxygen atoms in total. The lowest BCUT2D eigenvalue weighted by Crippen LogP contribution is -2.30. The molecule has 0 radical (unpaired) electrons. The van der Waals surface area contributed by atoms with Gasteiger partial charge in [-0.3, -0.25) is 0 Å². The number of hydrogen-bond donors (Lipinski definition) is 1. The Balaban J connectivity index is 2.56. The van der Waals surface area contributed by atoms with Crippen molar-refractivity contribution in [2.24, 2.45) is 5.92 Å². The fourth-order valence-corrected chi connectivity index (χ4v) is 2.99. The van der Waals surface area contributed by atoms with Crippen LogP contribution in [0, 0.1) is 5.92 Å². The molecule has 0 fully saturated rings. The van der Waals surface area contributed by atoms with Gasteiger partial charge >= 0.3 is 0 Å². The molecule has 1 aromatic rings. The molecule has 3 heteroatoms. The minimum Gasteiger partial charge on any atom is -0.497 e. The highest BCUT2D eigenvalue weighted by atomic mass is 32.2. The molecule has 1 atom stereocenters. The molecule has 0 aromatic heterocycles. The lowest BCUT2D eigenvalue weighted by molar-refractivity contribution is 0.411. The fraction of sp³-hybridized carbons (Fsp3) is 0.647. The average molecular weight is 295 g/mol. The van der Waals surface area contributed by atoms with E-state index in [1.807, 2.05) is 17.8 Å². The van der Waals surface area contributed by atoms with E-state index in [4.69, 9.17) is 4.74 Å². The van der Waals surface area contributed by atoms with E-state index >= 15 is 0 Å². The van der Waals surface area contributed by atoms with Gasteiger partial charge in [-0.2, -0.15) is 11.8 Å². The highest BCUT2D eigenvalue weighted by molar-refractivity contribution is 7.99. The topological polar surface area (TPSA) is 21.3 Å². The number of methoxy groups -OCH3 is 1. The molecule has 1 rings (SSSR count). The summed E-state index contributed by atoms with van der Waals surface area (Å²) in [5, 5.41) is 3.58. The first kappa shape index (κ1) is 17.4. The third kappa shape index (κ3) is 7.20. The summed E-state index contributed by atoms with van der Waals surface area (Å²) in [6.07, 6.45) is 2.40. The molecule has 0 bridgehead atoms. The molecule has 20 heavy (non-hydrogen) atoms. The normalized spacial score (nSPS) is 12.7. The number of nitrogens with one attached hydrogen (secondary N) is 1. The zero-order chi connectivity index (χ0) is 14.8. The quantitative estimate of drug-likeness (QED) is 0.659. The van der Waals surface area contributed by atoms with Crippen molar-refractivity contribution in [2.75, 3.05) is 25.2 Å². The van der Waals surface area contributed by atoms with Crippen LogP contribution in [0.1, 0.15) is 32.8 Å². The summed E-state index contributed by atoms with van der Waals surface area (Å²) in [4.78, 5) is 0. The number of rotatable bonds is 10. The monoisotopic (exact) mass is 295 g/mol. The molecule has 1 aromatic carbocycles. The largest absolute Gasteiger partial charge is 0.497 e. The Labute approximate surface area is 128 Å². The molecule has 0 amide bonds. The van der Waals surface area contributed by atoms with Crippen molar-refractivity contribution in [1.82, 2.24) is 5.32 Å². The minimum absolute atomic E-state index is 0.557. The van der Waals surface area contributed by atoms with Crippen LogP contribution in [0.15, 0.2) is 24.3 Å². The zero-order valence-electron chi connectivity index (χ0n) is 13.3. The van der Waals surface area contributed by atoms with E-state index in [0.717, 1.165) is 18.7 Å². The van der Waals surface area contributed by atoms with Gasteiger partial charge in [-0.15, -0.1) is 0 Å². The second kappa shape index (κ2) is 10.1. The van der Waals surface area contributed by atoms with Gasteiger partial charge < -0.3 is 10.1 Å². The van der Waals surface area contributed by atoms with Gasteiger partial charge in [0.2, 0.25) is 0 Å². The molecule has 1 N–H and O–H groups in total. The average Bonchev–Trinajstić information content (AvgIpc) is 2.45. The van der Waals surface area contributed by atoms with Crippen LogP contribution >= 0.6 is 11.8 Å². The zero-order valence-corrected chi connectivity index (χ0v) is 14.1. The predicted molar refractivity (Wildman–Crippen MR) is 90.9 cm³/mol. The molecule has 0 aliphatic heterocycles. The van der Waals surface area contributed by atoms with Crippen molar-refractivity contribution in [3.05, 3.63) is 29.8 Å². The van der Waals surface area contributed by atoms with Crippen LogP contribution in [0.4, 0.5) is 0 Å². The first-order valence-corrected chi connectivity index (χ1v) is 8.75.